The summed E-state index contributed by atoms with van der Waals surface area (Å²) >= 11 is 0. The van der Waals surface area contributed by atoms with Gasteiger partial charge in [0.2, 0.25) is 0 Å². The van der Waals surface area contributed by atoms with Crippen molar-refractivity contribution < 1.29 is 13.9 Å². The number of hydrogen-bond donors (Lipinski definition) is 2. The first kappa shape index (κ1) is 15.3. The van der Waals surface area contributed by atoms with Crippen LogP contribution in [-0.2, 0) is 0 Å². The van der Waals surface area contributed by atoms with E-state index in [0.717, 1.165) is 0 Å². The van der Waals surface area contributed by atoms with Gasteiger partial charge in [-0.25, -0.2) is 4.39 Å². The van der Waals surface area contributed by atoms with Crippen molar-refractivity contribution in [1.82, 2.24) is 9.97 Å². The fourth-order valence-electron chi connectivity index (χ4n) is 3.73. The van der Waals surface area contributed by atoms with Crippen LogP contribution in [0.15, 0.2) is 39.7 Å². The third-order valence-electron chi connectivity index (χ3n) is 5.06. The summed E-state index contributed by atoms with van der Waals surface area (Å²) in [5.41, 5.74) is 0.838. The van der Waals surface area contributed by atoms with Crippen molar-refractivity contribution in [2.24, 2.45) is 0 Å². The Labute approximate surface area is 146 Å². The predicted octanol–water partition coefficient (Wildman–Crippen LogP) is 2.92. The lowest BCUT2D eigenvalue weighted by Gasteiger charge is -2.27. The molecule has 1 aliphatic rings. The number of aliphatic hydroxyl groups is 1. The van der Waals surface area contributed by atoms with Gasteiger partial charge in [-0.15, -0.1) is 0 Å². The molecule has 7 heteroatoms. The molecule has 1 saturated heterocycles. The number of pyridine rings is 1. The van der Waals surface area contributed by atoms with Gasteiger partial charge in [-0.2, -0.15) is 4.98 Å². The largest absolute Gasteiger partial charge is 0.423 e. The highest BCUT2D eigenvalue weighted by Gasteiger charge is 2.23. The maximum absolute atomic E-state index is 13.8. The number of halogens is 1. The van der Waals surface area contributed by atoms with Crippen molar-refractivity contribution in [2.45, 2.75) is 18.9 Å². The van der Waals surface area contributed by atoms with Gasteiger partial charge >= 0.3 is 0 Å². The third kappa shape index (κ3) is 2.20. The van der Waals surface area contributed by atoms with Crippen molar-refractivity contribution >= 4 is 38.7 Å². The summed E-state index contributed by atoms with van der Waals surface area (Å²) in [5.74, 6) is -0.407. The van der Waals surface area contributed by atoms with Gasteiger partial charge in [0.1, 0.15) is 11.3 Å². The molecule has 1 aliphatic heterocycles. The van der Waals surface area contributed by atoms with Crippen LogP contribution in [-0.4, -0.2) is 34.3 Å². The number of H-pyrrole nitrogens is 1. The SMILES string of the molecule is O=c1[nH]ccc2c3oc(N4CCC(O)CC4)nc3c3ccc(F)cc3c12. The highest BCUT2D eigenvalue weighted by Crippen LogP contribution is 2.36. The summed E-state index contributed by atoms with van der Waals surface area (Å²) < 4.78 is 19.9. The second-order valence-electron chi connectivity index (χ2n) is 6.68. The molecule has 4 aromatic rings. The first-order valence-electron chi connectivity index (χ1n) is 8.58. The number of aromatic nitrogens is 2. The van der Waals surface area contributed by atoms with Crippen LogP contribution in [0.5, 0.6) is 0 Å². The number of nitrogens with zero attached hydrogens (tertiary/aromatic N) is 2. The van der Waals surface area contributed by atoms with E-state index >= 15 is 0 Å². The van der Waals surface area contributed by atoms with Crippen molar-refractivity contribution in [2.75, 3.05) is 18.0 Å². The van der Waals surface area contributed by atoms with Gasteiger partial charge in [0.05, 0.1) is 11.5 Å². The van der Waals surface area contributed by atoms with Crippen LogP contribution < -0.4 is 10.5 Å². The predicted molar refractivity (Wildman–Crippen MR) is 97.1 cm³/mol. The zero-order valence-corrected chi connectivity index (χ0v) is 13.8. The quantitative estimate of drug-likeness (QED) is 0.514. The number of aliphatic hydroxyl groups excluding tert-OH is 1. The lowest BCUT2D eigenvalue weighted by Crippen LogP contribution is -2.35. The highest BCUT2D eigenvalue weighted by molar-refractivity contribution is 6.22. The third-order valence-corrected chi connectivity index (χ3v) is 5.06. The highest BCUT2D eigenvalue weighted by atomic mass is 19.1. The van der Waals surface area contributed by atoms with E-state index in [1.54, 1.807) is 18.3 Å². The number of piperidine rings is 1. The van der Waals surface area contributed by atoms with E-state index in [4.69, 9.17) is 4.42 Å². The number of aromatic amines is 1. The number of benzene rings is 2. The zero-order chi connectivity index (χ0) is 17.8. The van der Waals surface area contributed by atoms with E-state index in [-0.39, 0.29) is 11.7 Å². The molecule has 0 saturated carbocycles. The van der Waals surface area contributed by atoms with Crippen LogP contribution in [0.3, 0.4) is 0 Å². The van der Waals surface area contributed by atoms with E-state index in [0.29, 0.717) is 64.6 Å². The second kappa shape index (κ2) is 5.54. The van der Waals surface area contributed by atoms with Crippen molar-refractivity contribution in [3.8, 4) is 0 Å². The molecule has 0 radical (unpaired) electrons. The van der Waals surface area contributed by atoms with Gasteiger partial charge in [-0.05, 0) is 37.1 Å². The fourth-order valence-corrected chi connectivity index (χ4v) is 3.73. The summed E-state index contributed by atoms with van der Waals surface area (Å²) in [6.45, 7) is 1.30. The molecule has 0 atom stereocenters. The van der Waals surface area contributed by atoms with E-state index < -0.39 is 5.82 Å². The molecule has 132 valence electrons. The lowest BCUT2D eigenvalue weighted by atomic mass is 10.0. The average molecular weight is 353 g/mol. The summed E-state index contributed by atoms with van der Waals surface area (Å²) in [5, 5.41) is 11.9. The Hall–Kier alpha value is -2.93. The van der Waals surface area contributed by atoms with Gasteiger partial charge in [0.25, 0.3) is 11.6 Å². The summed E-state index contributed by atoms with van der Waals surface area (Å²) in [7, 11) is 0. The molecule has 6 nitrogen and oxygen atoms in total. The topological polar surface area (TPSA) is 82.4 Å². The molecule has 5 rings (SSSR count). The number of nitrogens with one attached hydrogen (secondary N) is 1. The minimum Gasteiger partial charge on any atom is -0.423 e. The summed E-state index contributed by atoms with van der Waals surface area (Å²) in [6, 6.07) is 6.56. The van der Waals surface area contributed by atoms with E-state index in [9.17, 15) is 14.3 Å². The molecule has 26 heavy (non-hydrogen) atoms. The van der Waals surface area contributed by atoms with E-state index in [1.165, 1.54) is 12.1 Å². The molecule has 0 amide bonds. The zero-order valence-electron chi connectivity index (χ0n) is 13.8. The van der Waals surface area contributed by atoms with Crippen molar-refractivity contribution in [1.29, 1.82) is 0 Å². The Morgan fingerprint density at radius 2 is 2.00 bits per heavy atom. The van der Waals surface area contributed by atoms with Crippen LogP contribution >= 0.6 is 0 Å². The fraction of sp³-hybridized carbons (Fsp3) is 0.263. The normalized spacial score (nSPS) is 16.2. The van der Waals surface area contributed by atoms with Crippen LogP contribution in [0.1, 0.15) is 12.8 Å². The van der Waals surface area contributed by atoms with E-state index in [1.807, 2.05) is 4.90 Å². The molecule has 0 spiro atoms. The van der Waals surface area contributed by atoms with E-state index in [2.05, 4.69) is 9.97 Å². The number of anilines is 1. The van der Waals surface area contributed by atoms with Crippen LogP contribution in [0.4, 0.5) is 10.4 Å². The van der Waals surface area contributed by atoms with Gasteiger partial charge < -0.3 is 19.4 Å². The average Bonchev–Trinajstić information content (AvgIpc) is 3.08. The van der Waals surface area contributed by atoms with Crippen LogP contribution in [0.25, 0.3) is 32.6 Å². The molecule has 1 fully saturated rings. The lowest BCUT2D eigenvalue weighted by molar-refractivity contribution is 0.144. The maximum Gasteiger partial charge on any atom is 0.298 e. The summed E-state index contributed by atoms with van der Waals surface area (Å²) in [4.78, 5) is 21.7. The Kier molecular flexibility index (Phi) is 3.27. The van der Waals surface area contributed by atoms with Crippen LogP contribution in [0.2, 0.25) is 0 Å². The molecule has 2 aromatic carbocycles. The standard InChI is InChI=1S/C19H16FN3O3/c20-10-1-2-12-14(9-10)15-13(3-6-21-18(15)25)17-16(12)22-19(26-17)23-7-4-11(24)5-8-23/h1-3,6,9,11,24H,4-5,7-8H2,(H,21,25). The molecular weight excluding hydrogens is 337 g/mol. The maximum atomic E-state index is 13.8. The minimum absolute atomic E-state index is 0.293. The molecule has 2 aromatic heterocycles. The molecular formula is C19H16FN3O3. The molecule has 0 bridgehead atoms. The van der Waals surface area contributed by atoms with Crippen molar-refractivity contribution in [3.63, 3.8) is 0 Å². The number of hydrogen-bond acceptors (Lipinski definition) is 5. The minimum atomic E-state index is -0.407. The molecule has 0 unspecified atom stereocenters. The first-order valence-corrected chi connectivity index (χ1v) is 8.58. The Morgan fingerprint density at radius 1 is 1.19 bits per heavy atom. The number of rotatable bonds is 1. The van der Waals surface area contributed by atoms with Gasteiger partial charge in [-0.1, -0.05) is 0 Å². The smallest absolute Gasteiger partial charge is 0.298 e. The monoisotopic (exact) mass is 353 g/mol. The van der Waals surface area contributed by atoms with Crippen molar-refractivity contribution in [3.05, 3.63) is 46.6 Å². The Bertz CT molecular complexity index is 1210. The van der Waals surface area contributed by atoms with Gasteiger partial charge in [0.15, 0.2) is 5.58 Å². The first-order chi connectivity index (χ1) is 12.6. The number of oxazole rings is 1. The Balaban J connectivity index is 1.85. The second-order valence-corrected chi connectivity index (χ2v) is 6.68. The van der Waals surface area contributed by atoms with Crippen LogP contribution in [0, 0.1) is 5.82 Å². The molecule has 0 aliphatic carbocycles. The Morgan fingerprint density at radius 3 is 2.81 bits per heavy atom. The van der Waals surface area contributed by atoms with Gasteiger partial charge in [-0.3, -0.25) is 4.79 Å². The number of fused-ring (bicyclic) bond motifs is 6. The van der Waals surface area contributed by atoms with Gasteiger partial charge in [0, 0.05) is 35.4 Å². The summed E-state index contributed by atoms with van der Waals surface area (Å²) in [6.07, 6.45) is 2.57. The molecule has 2 N–H and O–H groups in total. The molecule has 3 heterocycles.